The number of carbonyl (C=O) groups is 1. The Bertz CT molecular complexity index is 193. The van der Waals surface area contributed by atoms with Gasteiger partial charge in [0, 0.05) is 12.5 Å². The van der Waals surface area contributed by atoms with E-state index in [0.29, 0.717) is 19.0 Å². The summed E-state index contributed by atoms with van der Waals surface area (Å²) in [4.78, 5) is 11.4. The first-order valence-electron chi connectivity index (χ1n) is 4.86. The summed E-state index contributed by atoms with van der Waals surface area (Å²) >= 11 is 0. The third-order valence-corrected chi connectivity index (χ3v) is 2.31. The molecule has 3 nitrogen and oxygen atoms in total. The van der Waals surface area contributed by atoms with Gasteiger partial charge in [-0.05, 0) is 25.3 Å². The van der Waals surface area contributed by atoms with Crippen LogP contribution in [-0.2, 0) is 4.79 Å². The quantitative estimate of drug-likeness (QED) is 0.632. The number of hydrogen-bond acceptors (Lipinski definition) is 2. The highest BCUT2D eigenvalue weighted by Crippen LogP contribution is 2.09. The SMILES string of the molecule is CC(CN)CC(=O)NC1CC=CC1. The summed E-state index contributed by atoms with van der Waals surface area (Å²) in [6.07, 6.45) is 6.72. The monoisotopic (exact) mass is 182 g/mol. The van der Waals surface area contributed by atoms with Crippen LogP contribution in [0.15, 0.2) is 12.2 Å². The average molecular weight is 182 g/mol. The van der Waals surface area contributed by atoms with E-state index < -0.39 is 0 Å². The zero-order chi connectivity index (χ0) is 9.68. The average Bonchev–Trinajstić information content (AvgIpc) is 2.56. The van der Waals surface area contributed by atoms with E-state index in [2.05, 4.69) is 17.5 Å². The highest BCUT2D eigenvalue weighted by Gasteiger charge is 2.14. The van der Waals surface area contributed by atoms with Crippen molar-refractivity contribution in [2.45, 2.75) is 32.2 Å². The summed E-state index contributed by atoms with van der Waals surface area (Å²) in [5.74, 6) is 0.418. The van der Waals surface area contributed by atoms with Crippen LogP contribution in [0.3, 0.4) is 0 Å². The lowest BCUT2D eigenvalue weighted by Gasteiger charge is -2.13. The molecule has 0 heterocycles. The molecule has 0 aliphatic heterocycles. The molecule has 1 unspecified atom stereocenters. The Balaban J connectivity index is 2.17. The van der Waals surface area contributed by atoms with Crippen LogP contribution in [-0.4, -0.2) is 18.5 Å². The molecule has 1 rings (SSSR count). The molecule has 13 heavy (non-hydrogen) atoms. The molecule has 74 valence electrons. The number of carbonyl (C=O) groups excluding carboxylic acids is 1. The molecule has 1 atom stereocenters. The van der Waals surface area contributed by atoms with Gasteiger partial charge in [0.1, 0.15) is 0 Å². The number of amides is 1. The van der Waals surface area contributed by atoms with E-state index in [9.17, 15) is 4.79 Å². The third-order valence-electron chi connectivity index (χ3n) is 2.31. The summed E-state index contributed by atoms with van der Waals surface area (Å²) in [6.45, 7) is 2.57. The molecule has 0 radical (unpaired) electrons. The Morgan fingerprint density at radius 3 is 2.77 bits per heavy atom. The number of nitrogens with two attached hydrogens (primary N) is 1. The summed E-state index contributed by atoms with van der Waals surface area (Å²) in [5.41, 5.74) is 5.44. The van der Waals surface area contributed by atoms with Gasteiger partial charge in [0.2, 0.25) is 5.91 Å². The fourth-order valence-corrected chi connectivity index (χ4v) is 1.42. The van der Waals surface area contributed by atoms with Crippen LogP contribution in [0.1, 0.15) is 26.2 Å². The van der Waals surface area contributed by atoms with Crippen molar-refractivity contribution in [3.8, 4) is 0 Å². The van der Waals surface area contributed by atoms with E-state index in [4.69, 9.17) is 5.73 Å². The van der Waals surface area contributed by atoms with Gasteiger partial charge in [0.15, 0.2) is 0 Å². The molecule has 1 amide bonds. The molecule has 0 aromatic rings. The molecule has 3 heteroatoms. The molecule has 0 fully saturated rings. The third kappa shape index (κ3) is 3.59. The largest absolute Gasteiger partial charge is 0.353 e. The maximum absolute atomic E-state index is 11.4. The second-order valence-corrected chi connectivity index (χ2v) is 3.75. The summed E-state index contributed by atoms with van der Waals surface area (Å²) in [7, 11) is 0. The van der Waals surface area contributed by atoms with Crippen LogP contribution >= 0.6 is 0 Å². The van der Waals surface area contributed by atoms with Gasteiger partial charge in [-0.15, -0.1) is 0 Å². The molecule has 0 spiro atoms. The Hall–Kier alpha value is -0.830. The van der Waals surface area contributed by atoms with Crippen LogP contribution in [0.25, 0.3) is 0 Å². The van der Waals surface area contributed by atoms with Crippen molar-refractivity contribution >= 4 is 5.91 Å². The minimum absolute atomic E-state index is 0.131. The molecule has 1 aliphatic rings. The number of nitrogens with one attached hydrogen (secondary N) is 1. The lowest BCUT2D eigenvalue weighted by molar-refractivity contribution is -0.122. The van der Waals surface area contributed by atoms with Gasteiger partial charge in [-0.2, -0.15) is 0 Å². The normalized spacial score (nSPS) is 18.9. The molecule has 0 aromatic heterocycles. The lowest BCUT2D eigenvalue weighted by atomic mass is 10.1. The first-order valence-corrected chi connectivity index (χ1v) is 4.86. The topological polar surface area (TPSA) is 55.1 Å². The van der Waals surface area contributed by atoms with E-state index >= 15 is 0 Å². The number of hydrogen-bond donors (Lipinski definition) is 2. The maximum Gasteiger partial charge on any atom is 0.220 e. The second-order valence-electron chi connectivity index (χ2n) is 3.75. The van der Waals surface area contributed by atoms with Crippen molar-refractivity contribution in [1.29, 1.82) is 0 Å². The van der Waals surface area contributed by atoms with Gasteiger partial charge in [-0.1, -0.05) is 19.1 Å². The van der Waals surface area contributed by atoms with Crippen LogP contribution in [0.4, 0.5) is 0 Å². The van der Waals surface area contributed by atoms with Crippen molar-refractivity contribution in [2.75, 3.05) is 6.54 Å². The van der Waals surface area contributed by atoms with Crippen LogP contribution < -0.4 is 11.1 Å². The zero-order valence-corrected chi connectivity index (χ0v) is 8.12. The first-order chi connectivity index (χ1) is 6.22. The first kappa shape index (κ1) is 10.3. The molecule has 1 aliphatic carbocycles. The lowest BCUT2D eigenvalue weighted by Crippen LogP contribution is -2.34. The van der Waals surface area contributed by atoms with Crippen molar-refractivity contribution < 1.29 is 4.79 Å². The Morgan fingerprint density at radius 1 is 1.62 bits per heavy atom. The molecular weight excluding hydrogens is 164 g/mol. The van der Waals surface area contributed by atoms with Gasteiger partial charge in [-0.25, -0.2) is 0 Å². The van der Waals surface area contributed by atoms with Gasteiger partial charge in [-0.3, -0.25) is 4.79 Å². The molecule has 0 saturated carbocycles. The van der Waals surface area contributed by atoms with E-state index in [1.807, 2.05) is 6.92 Å². The minimum Gasteiger partial charge on any atom is -0.353 e. The second kappa shape index (κ2) is 5.02. The maximum atomic E-state index is 11.4. The fourth-order valence-electron chi connectivity index (χ4n) is 1.42. The van der Waals surface area contributed by atoms with E-state index in [0.717, 1.165) is 12.8 Å². The summed E-state index contributed by atoms with van der Waals surface area (Å²) in [6, 6.07) is 0.331. The van der Waals surface area contributed by atoms with E-state index in [1.165, 1.54) is 0 Å². The number of rotatable bonds is 4. The van der Waals surface area contributed by atoms with Gasteiger partial charge >= 0.3 is 0 Å². The molecule has 0 aromatic carbocycles. The molecule has 0 saturated heterocycles. The van der Waals surface area contributed by atoms with Gasteiger partial charge in [0.25, 0.3) is 0 Å². The van der Waals surface area contributed by atoms with E-state index in [1.54, 1.807) is 0 Å². The summed E-state index contributed by atoms with van der Waals surface area (Å²) in [5, 5.41) is 2.99. The highest BCUT2D eigenvalue weighted by atomic mass is 16.1. The fraction of sp³-hybridized carbons (Fsp3) is 0.700. The van der Waals surface area contributed by atoms with Crippen molar-refractivity contribution in [1.82, 2.24) is 5.32 Å². The van der Waals surface area contributed by atoms with Crippen LogP contribution in [0.2, 0.25) is 0 Å². The minimum atomic E-state index is 0.131. The Kier molecular flexibility index (Phi) is 3.96. The van der Waals surface area contributed by atoms with Gasteiger partial charge < -0.3 is 11.1 Å². The smallest absolute Gasteiger partial charge is 0.220 e. The standard InChI is InChI=1S/C10H18N2O/c1-8(7-11)6-10(13)12-9-4-2-3-5-9/h2-3,8-9H,4-7,11H2,1H3,(H,12,13). The van der Waals surface area contributed by atoms with Gasteiger partial charge in [0.05, 0.1) is 0 Å². The predicted octanol–water partition coefficient (Wildman–Crippen LogP) is 0.806. The van der Waals surface area contributed by atoms with Crippen molar-refractivity contribution in [3.05, 3.63) is 12.2 Å². The molecule has 0 bridgehead atoms. The molecule has 3 N–H and O–H groups in total. The van der Waals surface area contributed by atoms with Crippen LogP contribution in [0, 0.1) is 5.92 Å². The van der Waals surface area contributed by atoms with E-state index in [-0.39, 0.29) is 11.8 Å². The highest BCUT2D eigenvalue weighted by molar-refractivity contribution is 5.76. The Morgan fingerprint density at radius 2 is 2.23 bits per heavy atom. The predicted molar refractivity (Wildman–Crippen MR) is 53.1 cm³/mol. The molecular formula is C10H18N2O. The zero-order valence-electron chi connectivity index (χ0n) is 8.12. The Labute approximate surface area is 79.4 Å². The van der Waals surface area contributed by atoms with Crippen LogP contribution in [0.5, 0.6) is 0 Å². The van der Waals surface area contributed by atoms with Crippen molar-refractivity contribution in [2.24, 2.45) is 11.7 Å². The van der Waals surface area contributed by atoms with Crippen molar-refractivity contribution in [3.63, 3.8) is 0 Å². The summed E-state index contributed by atoms with van der Waals surface area (Å²) < 4.78 is 0.